The van der Waals surface area contributed by atoms with E-state index in [0.29, 0.717) is 19.3 Å². The lowest BCUT2D eigenvalue weighted by Crippen LogP contribution is -2.61. The smallest absolute Gasteiger partial charge is 0.335 e. The number of carbonyl (C=O) groups is 4. The van der Waals surface area contributed by atoms with E-state index in [1.165, 1.54) is 70.6 Å². The van der Waals surface area contributed by atoms with E-state index in [0.717, 1.165) is 96.3 Å². The van der Waals surface area contributed by atoms with Gasteiger partial charge in [0.15, 0.2) is 24.6 Å². The summed E-state index contributed by atoms with van der Waals surface area (Å²) in [7, 11) is 0. The second-order valence-electron chi connectivity index (χ2n) is 19.2. The summed E-state index contributed by atoms with van der Waals surface area (Å²) in [6.45, 7) is 5.75. The summed E-state index contributed by atoms with van der Waals surface area (Å²) in [5.41, 5.74) is 0. The lowest BCUT2D eigenvalue weighted by atomic mass is 9.98. The maximum absolute atomic E-state index is 13.1. The van der Waals surface area contributed by atoms with Gasteiger partial charge in [0, 0.05) is 12.8 Å². The number of carboxylic acids is 1. The Bertz CT molecular complexity index is 1590. The molecule has 0 aromatic heterocycles. The van der Waals surface area contributed by atoms with Crippen LogP contribution in [0.1, 0.15) is 226 Å². The van der Waals surface area contributed by atoms with E-state index < -0.39 is 67.3 Å². The predicted molar refractivity (Wildman–Crippen MR) is 294 cm³/mol. The molecule has 1 saturated heterocycles. The zero-order valence-corrected chi connectivity index (χ0v) is 45.6. The number of hydrogen-bond acceptors (Lipinski definition) is 11. The normalized spacial score (nSPS) is 18.9. The van der Waals surface area contributed by atoms with E-state index in [1.807, 2.05) is 12.2 Å². The summed E-state index contributed by atoms with van der Waals surface area (Å²) < 4.78 is 28.2. The molecule has 3 N–H and O–H groups in total. The average Bonchev–Trinajstić information content (AvgIpc) is 3.37. The van der Waals surface area contributed by atoms with Crippen LogP contribution in [-0.2, 0) is 42.9 Å². The fourth-order valence-electron chi connectivity index (χ4n) is 8.13. The minimum atomic E-state index is -1.94. The molecule has 0 aliphatic carbocycles. The van der Waals surface area contributed by atoms with Crippen LogP contribution >= 0.6 is 0 Å². The number of aliphatic hydroxyl groups is 2. The first kappa shape index (κ1) is 66.9. The van der Waals surface area contributed by atoms with Crippen LogP contribution in [0.25, 0.3) is 0 Å². The molecule has 0 aromatic rings. The number of hydrogen-bond donors (Lipinski definition) is 3. The number of esters is 3. The summed E-state index contributed by atoms with van der Waals surface area (Å²) in [6, 6.07) is 0. The largest absolute Gasteiger partial charge is 0.479 e. The molecule has 6 atom stereocenters. The van der Waals surface area contributed by atoms with Crippen molar-refractivity contribution in [1.82, 2.24) is 0 Å². The van der Waals surface area contributed by atoms with Crippen LogP contribution in [0.5, 0.6) is 0 Å². The van der Waals surface area contributed by atoms with Gasteiger partial charge < -0.3 is 39.0 Å². The highest BCUT2D eigenvalue weighted by atomic mass is 16.7. The molecule has 0 bridgehead atoms. The van der Waals surface area contributed by atoms with Gasteiger partial charge >= 0.3 is 23.9 Å². The molecule has 0 amide bonds. The van der Waals surface area contributed by atoms with Gasteiger partial charge in [-0.1, -0.05) is 221 Å². The van der Waals surface area contributed by atoms with Crippen molar-refractivity contribution in [2.75, 3.05) is 13.2 Å². The van der Waals surface area contributed by atoms with Gasteiger partial charge in [-0.25, -0.2) is 4.79 Å². The fraction of sp³-hybridized carbons (Fsp3) is 0.705. The first-order chi connectivity index (χ1) is 35.6. The molecule has 0 radical (unpaired) electrons. The van der Waals surface area contributed by atoms with Crippen molar-refractivity contribution in [2.45, 2.75) is 263 Å². The molecule has 0 aromatic carbocycles. The molecule has 12 nitrogen and oxygen atoms in total. The van der Waals surface area contributed by atoms with E-state index in [-0.39, 0.29) is 25.9 Å². The van der Waals surface area contributed by atoms with Crippen LogP contribution < -0.4 is 0 Å². The quantitative estimate of drug-likeness (QED) is 0.0228. The van der Waals surface area contributed by atoms with Crippen LogP contribution in [0.4, 0.5) is 0 Å². The lowest BCUT2D eigenvalue weighted by molar-refractivity contribution is -0.301. The highest BCUT2D eigenvalue weighted by Gasteiger charge is 2.50. The van der Waals surface area contributed by atoms with Crippen molar-refractivity contribution in [3.8, 4) is 0 Å². The molecule has 1 aliphatic heterocycles. The number of carbonyl (C=O) groups excluding carboxylic acids is 3. The zero-order valence-electron chi connectivity index (χ0n) is 45.6. The van der Waals surface area contributed by atoms with Crippen molar-refractivity contribution in [3.05, 3.63) is 85.1 Å². The number of ether oxygens (including phenoxy) is 5. The van der Waals surface area contributed by atoms with E-state index in [9.17, 15) is 34.5 Å². The number of unbranched alkanes of at least 4 members (excludes halogenated alkanes) is 20. The Morgan fingerprint density at radius 2 is 0.932 bits per heavy atom. The SMILES string of the molecule is CC/C=C\C/C=C\C/C=C\C/C=C\C/C=C\CC(=O)OC1C(OCC(COC(=O)CCCCCCCCCCCCCCCCC)OC(=O)CCCCCCC/C=C\C/C=C\CCC)OC(C(=O)O)C(O)C1O. The van der Waals surface area contributed by atoms with Crippen LogP contribution in [0.2, 0.25) is 0 Å². The van der Waals surface area contributed by atoms with E-state index >= 15 is 0 Å². The van der Waals surface area contributed by atoms with E-state index in [4.69, 9.17) is 23.7 Å². The molecule has 6 unspecified atom stereocenters. The lowest BCUT2D eigenvalue weighted by Gasteiger charge is -2.40. The van der Waals surface area contributed by atoms with Crippen LogP contribution in [0, 0.1) is 0 Å². The zero-order chi connectivity index (χ0) is 53.3. The average molecular weight is 1030 g/mol. The van der Waals surface area contributed by atoms with Gasteiger partial charge in [0.2, 0.25) is 0 Å². The Labute approximate surface area is 441 Å². The van der Waals surface area contributed by atoms with Crippen molar-refractivity contribution in [1.29, 1.82) is 0 Å². The second kappa shape index (κ2) is 48.8. The van der Waals surface area contributed by atoms with Gasteiger partial charge in [0.05, 0.1) is 13.0 Å². The van der Waals surface area contributed by atoms with Crippen LogP contribution in [0.3, 0.4) is 0 Å². The van der Waals surface area contributed by atoms with Crippen LogP contribution in [0.15, 0.2) is 85.1 Å². The van der Waals surface area contributed by atoms with E-state index in [2.05, 4.69) is 81.5 Å². The summed E-state index contributed by atoms with van der Waals surface area (Å²) in [4.78, 5) is 51.0. The number of aliphatic carboxylic acids is 1. The van der Waals surface area contributed by atoms with Crippen LogP contribution in [-0.4, -0.2) is 89.2 Å². The molecule has 0 spiro atoms. The maximum Gasteiger partial charge on any atom is 0.335 e. The third-order valence-electron chi connectivity index (χ3n) is 12.5. The standard InChI is InChI=1S/C61H100O12/c1-4-7-10-13-16-19-22-25-27-30-32-35-38-41-44-47-53(62)69-50-52(71-54(63)48-45-42-39-36-33-29-24-21-18-15-12-9-6-3)51-70-61-59(57(66)56(65)58(73-61)60(67)68)72-55(64)49-46-43-40-37-34-31-28-26-23-20-17-14-11-8-5-2/h8,11-12,15,17,20-21,24,26,28,34,37,43,46,52,56-59,61,65-66H,4-7,9-10,13-14,16,18-19,22-23,25,27,29-33,35-36,38-42,44-45,47-51H2,1-3H3,(H,67,68)/b11-8-,15-12-,20-17-,24-21-,28-26-,37-34-,46-43-. The van der Waals surface area contributed by atoms with Crippen molar-refractivity contribution < 1.29 is 58.2 Å². The van der Waals surface area contributed by atoms with Crippen molar-refractivity contribution in [2.24, 2.45) is 0 Å². The van der Waals surface area contributed by atoms with Crippen molar-refractivity contribution in [3.63, 3.8) is 0 Å². The number of allylic oxidation sites excluding steroid dienone is 13. The number of carboxylic acid groups (broad SMARTS) is 1. The summed E-state index contributed by atoms with van der Waals surface area (Å²) in [6.07, 6.45) is 50.1. The second-order valence-corrected chi connectivity index (χ2v) is 19.2. The monoisotopic (exact) mass is 1020 g/mol. The Hall–Kier alpha value is -4.10. The molecular formula is C61H100O12. The van der Waals surface area contributed by atoms with E-state index in [1.54, 1.807) is 12.2 Å². The molecule has 416 valence electrons. The molecular weight excluding hydrogens is 925 g/mol. The first-order valence-corrected chi connectivity index (χ1v) is 28.6. The molecule has 12 heteroatoms. The van der Waals surface area contributed by atoms with Crippen molar-refractivity contribution >= 4 is 23.9 Å². The van der Waals surface area contributed by atoms with Gasteiger partial charge in [-0.3, -0.25) is 14.4 Å². The van der Waals surface area contributed by atoms with Gasteiger partial charge in [-0.05, 0) is 70.6 Å². The van der Waals surface area contributed by atoms with Gasteiger partial charge in [-0.15, -0.1) is 0 Å². The molecule has 1 heterocycles. The minimum absolute atomic E-state index is 0.134. The Morgan fingerprint density at radius 3 is 1.44 bits per heavy atom. The number of rotatable bonds is 47. The minimum Gasteiger partial charge on any atom is -0.479 e. The predicted octanol–water partition coefficient (Wildman–Crippen LogP) is 14.3. The third-order valence-corrected chi connectivity index (χ3v) is 12.5. The van der Waals surface area contributed by atoms with Gasteiger partial charge in [0.25, 0.3) is 0 Å². The maximum atomic E-state index is 13.1. The fourth-order valence-corrected chi connectivity index (χ4v) is 8.13. The molecule has 1 rings (SSSR count). The highest BCUT2D eigenvalue weighted by Crippen LogP contribution is 2.26. The Morgan fingerprint density at radius 1 is 0.479 bits per heavy atom. The third kappa shape index (κ3) is 39.0. The number of aliphatic hydroxyl groups excluding tert-OH is 2. The first-order valence-electron chi connectivity index (χ1n) is 28.6. The Kier molecular flexibility index (Phi) is 44.7. The Balaban J connectivity index is 2.76. The topological polar surface area (TPSA) is 175 Å². The summed E-state index contributed by atoms with van der Waals surface area (Å²) in [5.74, 6) is -3.30. The molecule has 1 aliphatic rings. The van der Waals surface area contributed by atoms with Gasteiger partial charge in [-0.2, -0.15) is 0 Å². The summed E-state index contributed by atoms with van der Waals surface area (Å²) in [5, 5.41) is 31.4. The van der Waals surface area contributed by atoms with Gasteiger partial charge in [0.1, 0.15) is 18.8 Å². The summed E-state index contributed by atoms with van der Waals surface area (Å²) >= 11 is 0. The molecule has 0 saturated carbocycles. The molecule has 1 fully saturated rings. The highest BCUT2D eigenvalue weighted by molar-refractivity contribution is 5.74. The molecule has 73 heavy (non-hydrogen) atoms.